The number of hydrogen-bond donors (Lipinski definition) is 3. The Balaban J connectivity index is 2.38. The largest absolute Gasteiger partial charge is 0.491 e. The summed E-state index contributed by atoms with van der Waals surface area (Å²) in [6.07, 6.45) is -2.75. The van der Waals surface area contributed by atoms with Gasteiger partial charge in [-0.25, -0.2) is 0 Å². The second-order valence-electron chi connectivity index (χ2n) is 6.91. The molecule has 0 atom stereocenters. The van der Waals surface area contributed by atoms with Crippen molar-refractivity contribution in [1.82, 2.24) is 0 Å². The van der Waals surface area contributed by atoms with Gasteiger partial charge in [-0.05, 0) is 50.9 Å². The summed E-state index contributed by atoms with van der Waals surface area (Å²) in [5.41, 5.74) is 1.84. The van der Waals surface area contributed by atoms with Gasteiger partial charge in [0.1, 0.15) is 0 Å². The predicted octanol–water partition coefficient (Wildman–Crippen LogP) is 3.94. The number of hydrazine groups is 1. The van der Waals surface area contributed by atoms with Crippen LogP contribution < -0.4 is 11.3 Å². The summed E-state index contributed by atoms with van der Waals surface area (Å²) in [5, 5.41) is 0. The molecule has 138 valence electrons. The zero-order valence-corrected chi connectivity index (χ0v) is 15.5. The van der Waals surface area contributed by atoms with Gasteiger partial charge in [0.15, 0.2) is 0 Å². The van der Waals surface area contributed by atoms with Crippen molar-refractivity contribution in [3.05, 3.63) is 34.8 Å². The quantitative estimate of drug-likeness (QED) is 0.324. The zero-order chi connectivity index (χ0) is 19.0. The molecule has 9 heteroatoms. The number of nitrogen functional groups attached to an aromatic ring is 1. The van der Waals surface area contributed by atoms with Gasteiger partial charge >= 0.3 is 13.3 Å². The third kappa shape index (κ3) is 4.16. The molecule has 3 N–H and O–H groups in total. The van der Waals surface area contributed by atoms with E-state index in [1.165, 1.54) is 6.07 Å². The first kappa shape index (κ1) is 20.2. The van der Waals surface area contributed by atoms with Crippen LogP contribution in [0.25, 0.3) is 6.08 Å². The van der Waals surface area contributed by atoms with Crippen LogP contribution in [-0.2, 0) is 15.5 Å². The fraction of sp³-hybridized carbons (Fsp3) is 0.500. The number of thiol groups is 1. The number of nitrogens with one attached hydrogen (secondary N) is 1. The van der Waals surface area contributed by atoms with Crippen LogP contribution in [0.15, 0.2) is 23.7 Å². The Morgan fingerprint density at radius 3 is 2.24 bits per heavy atom. The molecule has 0 spiro atoms. The number of benzene rings is 1. The topological polar surface area (TPSA) is 56.5 Å². The number of alkyl halides is 3. The molecule has 1 aliphatic heterocycles. The van der Waals surface area contributed by atoms with Gasteiger partial charge in [0, 0.05) is 5.75 Å². The molecule has 0 saturated carbocycles. The maximum Gasteiger partial charge on any atom is 0.491 e. The number of anilines is 1. The lowest BCUT2D eigenvalue weighted by atomic mass is 9.78. The van der Waals surface area contributed by atoms with E-state index in [1.807, 2.05) is 27.7 Å². The minimum Gasteiger partial charge on any atom is -0.400 e. The Labute approximate surface area is 151 Å². The maximum atomic E-state index is 12.8. The minimum absolute atomic E-state index is 0.158. The fourth-order valence-corrected chi connectivity index (χ4v) is 2.61. The normalized spacial score (nSPS) is 20.0. The van der Waals surface area contributed by atoms with Crippen LogP contribution in [0.4, 0.5) is 18.9 Å². The molecule has 0 unspecified atom stereocenters. The third-order valence-electron chi connectivity index (χ3n) is 4.62. The molecule has 1 fully saturated rings. The second-order valence-corrected chi connectivity index (χ2v) is 7.23. The monoisotopic (exact) mass is 374 g/mol. The number of rotatable bonds is 4. The first-order valence-electron chi connectivity index (χ1n) is 7.76. The molecule has 0 aromatic heterocycles. The summed E-state index contributed by atoms with van der Waals surface area (Å²) >= 11 is 4.30. The van der Waals surface area contributed by atoms with Crippen molar-refractivity contribution in [3.8, 4) is 0 Å². The van der Waals surface area contributed by atoms with E-state index in [0.717, 1.165) is 12.1 Å². The van der Waals surface area contributed by atoms with Crippen molar-refractivity contribution in [1.29, 1.82) is 0 Å². The smallest absolute Gasteiger partial charge is 0.400 e. The molecule has 2 rings (SSSR count). The van der Waals surface area contributed by atoms with E-state index >= 15 is 0 Å². The highest BCUT2D eigenvalue weighted by molar-refractivity contribution is 7.80. The Morgan fingerprint density at radius 1 is 1.24 bits per heavy atom. The van der Waals surface area contributed by atoms with Crippen LogP contribution in [0.2, 0.25) is 0 Å². The molecule has 4 nitrogen and oxygen atoms in total. The molecule has 1 aromatic rings. The molecule has 0 radical (unpaired) electrons. The highest BCUT2D eigenvalue weighted by Crippen LogP contribution is 2.39. The summed E-state index contributed by atoms with van der Waals surface area (Å²) in [6.45, 7) is 7.70. The molecule has 0 bridgehead atoms. The molecule has 1 aromatic carbocycles. The van der Waals surface area contributed by atoms with E-state index in [0.29, 0.717) is 16.8 Å². The van der Waals surface area contributed by atoms with Crippen molar-refractivity contribution in [3.63, 3.8) is 0 Å². The van der Waals surface area contributed by atoms with Gasteiger partial charge in [-0.2, -0.15) is 25.8 Å². The van der Waals surface area contributed by atoms with Crippen molar-refractivity contribution in [2.24, 2.45) is 5.84 Å². The van der Waals surface area contributed by atoms with E-state index in [4.69, 9.17) is 15.2 Å². The number of nitrogens with two attached hydrogens (primary N) is 1. The summed E-state index contributed by atoms with van der Waals surface area (Å²) in [5.74, 6) is 5.71. The summed E-state index contributed by atoms with van der Waals surface area (Å²) in [7, 11) is -0.629. The Kier molecular flexibility index (Phi) is 5.54. The average Bonchev–Trinajstić information content (AvgIpc) is 2.71. The second kappa shape index (κ2) is 6.87. The molecule has 1 aliphatic rings. The van der Waals surface area contributed by atoms with Gasteiger partial charge in [-0.1, -0.05) is 12.1 Å². The van der Waals surface area contributed by atoms with E-state index in [9.17, 15) is 13.2 Å². The lowest BCUT2D eigenvalue weighted by Crippen LogP contribution is -2.41. The van der Waals surface area contributed by atoms with Crippen LogP contribution >= 0.6 is 12.6 Å². The first-order valence-corrected chi connectivity index (χ1v) is 8.39. The van der Waals surface area contributed by atoms with Crippen LogP contribution in [0, 0.1) is 0 Å². The van der Waals surface area contributed by atoms with Crippen LogP contribution in [0.5, 0.6) is 0 Å². The van der Waals surface area contributed by atoms with Crippen molar-refractivity contribution >= 4 is 31.5 Å². The van der Waals surface area contributed by atoms with E-state index in [2.05, 4.69) is 18.1 Å². The van der Waals surface area contributed by atoms with E-state index in [1.54, 1.807) is 6.08 Å². The lowest BCUT2D eigenvalue weighted by molar-refractivity contribution is -0.137. The van der Waals surface area contributed by atoms with Crippen molar-refractivity contribution < 1.29 is 22.5 Å². The summed E-state index contributed by atoms with van der Waals surface area (Å²) in [6, 6.07) is 3.33. The highest BCUT2D eigenvalue weighted by atomic mass is 32.1. The van der Waals surface area contributed by atoms with Gasteiger partial charge < -0.3 is 14.7 Å². The fourth-order valence-electron chi connectivity index (χ4n) is 2.37. The lowest BCUT2D eigenvalue weighted by Gasteiger charge is -2.32. The van der Waals surface area contributed by atoms with Gasteiger partial charge in [0.25, 0.3) is 0 Å². The molecule has 0 aliphatic carbocycles. The molecular formula is C16H22BF3N2O2S. The Morgan fingerprint density at radius 2 is 1.80 bits per heavy atom. The number of hydrogen-bond acceptors (Lipinski definition) is 5. The van der Waals surface area contributed by atoms with Crippen LogP contribution in [0.1, 0.15) is 38.8 Å². The van der Waals surface area contributed by atoms with Crippen molar-refractivity contribution in [2.75, 3.05) is 11.2 Å². The zero-order valence-electron chi connectivity index (χ0n) is 14.6. The number of halogens is 3. The summed E-state index contributed by atoms with van der Waals surface area (Å²) < 4.78 is 50.5. The predicted molar refractivity (Wildman–Crippen MR) is 97.2 cm³/mol. The first-order chi connectivity index (χ1) is 11.4. The Hall–Kier alpha value is -1.16. The molecule has 1 heterocycles. The van der Waals surface area contributed by atoms with Gasteiger partial charge in [0.05, 0.1) is 22.5 Å². The van der Waals surface area contributed by atoms with Crippen LogP contribution in [0.3, 0.4) is 0 Å². The maximum absolute atomic E-state index is 12.8. The SMILES string of the molecule is CC1(C)OB(C(=Cc2ccc(C(F)(F)F)cc2NN)CS)OC1(C)C. The molecule has 25 heavy (non-hydrogen) atoms. The van der Waals surface area contributed by atoms with Crippen LogP contribution in [-0.4, -0.2) is 24.1 Å². The van der Waals surface area contributed by atoms with Crippen molar-refractivity contribution in [2.45, 2.75) is 45.1 Å². The molecule has 0 amide bonds. The van der Waals surface area contributed by atoms with E-state index < -0.39 is 30.1 Å². The molecular weight excluding hydrogens is 352 g/mol. The van der Waals surface area contributed by atoms with Gasteiger partial charge in [-0.3, -0.25) is 5.84 Å². The summed E-state index contributed by atoms with van der Waals surface area (Å²) in [4.78, 5) is 0. The van der Waals surface area contributed by atoms with Gasteiger partial charge in [-0.15, -0.1) is 0 Å². The van der Waals surface area contributed by atoms with E-state index in [-0.39, 0.29) is 5.69 Å². The third-order valence-corrected chi connectivity index (χ3v) is 4.98. The van der Waals surface area contributed by atoms with Gasteiger partial charge in [0.2, 0.25) is 0 Å². The highest BCUT2D eigenvalue weighted by Gasteiger charge is 2.52. The minimum atomic E-state index is -4.44. The average molecular weight is 374 g/mol. The standard InChI is InChI=1S/C16H22BF3N2O2S/c1-14(2)15(3,4)24-17(23-14)12(9-25)7-10-5-6-11(16(18,19)20)8-13(10)22-21/h5-8,22,25H,9,21H2,1-4H3. The Bertz CT molecular complexity index is 662. The molecule has 1 saturated heterocycles.